The molecule has 8 nitrogen and oxygen atoms in total. The number of carbonyl (C=O) groups excluding carboxylic acids is 1. The highest BCUT2D eigenvalue weighted by atomic mass is 35.5. The highest BCUT2D eigenvalue weighted by Crippen LogP contribution is 2.36. The van der Waals surface area contributed by atoms with E-state index < -0.39 is 34.0 Å². The van der Waals surface area contributed by atoms with Gasteiger partial charge >= 0.3 is 6.09 Å². The Hall–Kier alpha value is -2.24. The number of hydrogen-bond donors (Lipinski definition) is 0. The zero-order valence-corrected chi connectivity index (χ0v) is 26.1. The number of hydrogen-bond acceptors (Lipinski definition) is 6. The molecule has 5 rings (SSSR count). The van der Waals surface area contributed by atoms with Crippen LogP contribution in [0.5, 0.6) is 0 Å². The first-order chi connectivity index (χ1) is 20.2. The Morgan fingerprint density at radius 3 is 2.33 bits per heavy atom. The van der Waals surface area contributed by atoms with E-state index in [4.69, 9.17) is 16.3 Å². The second-order valence-electron chi connectivity index (χ2n) is 11.8. The van der Waals surface area contributed by atoms with Crippen LogP contribution < -0.4 is 0 Å². The second kappa shape index (κ2) is 13.6. The predicted octanol–water partition coefficient (Wildman–Crippen LogP) is 5.31. The summed E-state index contributed by atoms with van der Waals surface area (Å²) in [4.78, 5) is 19.7. The summed E-state index contributed by atoms with van der Waals surface area (Å²) in [6, 6.07) is 9.86. The number of piperidine rings is 2. The molecule has 0 aliphatic carbocycles. The Morgan fingerprint density at radius 1 is 1.00 bits per heavy atom. The highest BCUT2D eigenvalue weighted by molar-refractivity contribution is 7.89. The van der Waals surface area contributed by atoms with Crippen LogP contribution in [-0.4, -0.2) is 98.0 Å². The molecule has 0 radical (unpaired) electrons. The van der Waals surface area contributed by atoms with E-state index in [1.807, 2.05) is 13.0 Å². The van der Waals surface area contributed by atoms with Gasteiger partial charge < -0.3 is 14.5 Å². The van der Waals surface area contributed by atoms with Crippen molar-refractivity contribution in [3.8, 4) is 0 Å². The van der Waals surface area contributed by atoms with Crippen LogP contribution in [0.1, 0.15) is 56.2 Å². The van der Waals surface area contributed by atoms with Crippen molar-refractivity contribution in [3.05, 3.63) is 64.4 Å². The van der Waals surface area contributed by atoms with E-state index in [1.165, 1.54) is 47.8 Å². The number of halogens is 2. The molecule has 2 aromatic carbocycles. The van der Waals surface area contributed by atoms with E-state index >= 15 is 0 Å². The molecule has 3 saturated heterocycles. The third-order valence-corrected chi connectivity index (χ3v) is 11.1. The molecule has 11 heteroatoms. The largest absolute Gasteiger partial charge is 0.448 e. The molecule has 0 unspecified atom stereocenters. The number of rotatable bonds is 7. The average molecular weight is 621 g/mol. The Kier molecular flexibility index (Phi) is 10.1. The van der Waals surface area contributed by atoms with Crippen LogP contribution in [0, 0.1) is 12.7 Å². The Bertz CT molecular complexity index is 1310. The minimum absolute atomic E-state index is 0.0890. The van der Waals surface area contributed by atoms with Crippen LogP contribution in [0.4, 0.5) is 9.18 Å². The molecule has 3 aliphatic rings. The van der Waals surface area contributed by atoms with E-state index in [-0.39, 0.29) is 11.5 Å². The van der Waals surface area contributed by atoms with Crippen LogP contribution in [-0.2, 0) is 14.8 Å². The van der Waals surface area contributed by atoms with Crippen molar-refractivity contribution < 1.29 is 22.3 Å². The third-order valence-electron chi connectivity index (χ3n) is 8.88. The smallest absolute Gasteiger partial charge is 0.409 e. The minimum Gasteiger partial charge on any atom is -0.448 e. The molecule has 3 aliphatic heterocycles. The van der Waals surface area contributed by atoms with Gasteiger partial charge in [-0.15, -0.1) is 0 Å². The number of aryl methyl sites for hydroxylation is 1. The van der Waals surface area contributed by atoms with Gasteiger partial charge in [-0.25, -0.2) is 17.6 Å². The molecular formula is C31H42ClFN4O4S. The summed E-state index contributed by atoms with van der Waals surface area (Å²) in [5.41, 5.74) is 1.28. The molecule has 1 amide bonds. The molecule has 0 aromatic heterocycles. The number of piperazine rings is 1. The van der Waals surface area contributed by atoms with Crippen LogP contribution in [0.3, 0.4) is 0 Å². The number of amides is 1. The third kappa shape index (κ3) is 7.10. The molecule has 0 N–H and O–H groups in total. The first kappa shape index (κ1) is 31.2. The zero-order chi connectivity index (χ0) is 29.9. The predicted molar refractivity (Wildman–Crippen MR) is 162 cm³/mol. The van der Waals surface area contributed by atoms with Gasteiger partial charge in [-0.2, -0.15) is 4.31 Å². The maximum absolute atomic E-state index is 14.6. The molecule has 230 valence electrons. The molecule has 2 aromatic rings. The summed E-state index contributed by atoms with van der Waals surface area (Å²) in [5.74, 6) is -0.418. The van der Waals surface area contributed by atoms with Crippen molar-refractivity contribution in [2.45, 2.75) is 69.0 Å². The number of sulfonamides is 1. The Morgan fingerprint density at radius 2 is 1.69 bits per heavy atom. The summed E-state index contributed by atoms with van der Waals surface area (Å²) in [7, 11) is -4.06. The van der Waals surface area contributed by atoms with Gasteiger partial charge in [0.15, 0.2) is 0 Å². The molecule has 3 heterocycles. The van der Waals surface area contributed by atoms with Crippen LogP contribution in [0.25, 0.3) is 0 Å². The summed E-state index contributed by atoms with van der Waals surface area (Å²) < 4.78 is 50.3. The number of nitrogens with zero attached hydrogens (tertiary/aromatic N) is 4. The molecule has 0 spiro atoms. The quantitative estimate of drug-likeness (QED) is 0.418. The fourth-order valence-corrected chi connectivity index (χ4v) is 8.57. The lowest BCUT2D eigenvalue weighted by molar-refractivity contribution is 0.0252. The molecule has 42 heavy (non-hydrogen) atoms. The molecule has 2 atom stereocenters. The van der Waals surface area contributed by atoms with E-state index in [2.05, 4.69) is 9.80 Å². The number of benzene rings is 2. The van der Waals surface area contributed by atoms with E-state index in [1.54, 1.807) is 24.0 Å². The van der Waals surface area contributed by atoms with Crippen molar-refractivity contribution >= 4 is 27.7 Å². The van der Waals surface area contributed by atoms with Crippen LogP contribution in [0.2, 0.25) is 5.02 Å². The highest BCUT2D eigenvalue weighted by Gasteiger charge is 2.44. The lowest BCUT2D eigenvalue weighted by Crippen LogP contribution is -2.58. The van der Waals surface area contributed by atoms with Crippen LogP contribution >= 0.6 is 11.6 Å². The summed E-state index contributed by atoms with van der Waals surface area (Å²) in [6.45, 7) is 8.68. The van der Waals surface area contributed by atoms with E-state index in [9.17, 15) is 17.6 Å². The SMILES string of the molecule is CCN1C[C@H](COC(=O)N2CCC(N3CCCCC3)CC2)N(S(=O)(=O)c2ccc(Cl)cc2)[C@H](c2cc(C)cc(F)c2)C1. The van der Waals surface area contributed by atoms with Gasteiger partial charge in [0.2, 0.25) is 10.0 Å². The van der Waals surface area contributed by atoms with Gasteiger partial charge in [0.05, 0.1) is 17.0 Å². The summed E-state index contributed by atoms with van der Waals surface area (Å²) >= 11 is 6.06. The van der Waals surface area contributed by atoms with Crippen molar-refractivity contribution in [1.29, 1.82) is 0 Å². The lowest BCUT2D eigenvalue weighted by Gasteiger charge is -2.45. The Balaban J connectivity index is 1.36. The Labute approximate surface area is 254 Å². The molecule has 0 saturated carbocycles. The van der Waals surface area contributed by atoms with Gasteiger partial charge in [-0.1, -0.05) is 31.0 Å². The van der Waals surface area contributed by atoms with Gasteiger partial charge in [-0.05, 0) is 99.8 Å². The number of ether oxygens (including phenoxy) is 1. The van der Waals surface area contributed by atoms with E-state index in [0.29, 0.717) is 54.9 Å². The van der Waals surface area contributed by atoms with Crippen LogP contribution in [0.15, 0.2) is 47.4 Å². The van der Waals surface area contributed by atoms with Gasteiger partial charge in [0, 0.05) is 37.2 Å². The zero-order valence-electron chi connectivity index (χ0n) is 24.6. The number of likely N-dealkylation sites (N-methyl/N-ethyl adjacent to an activating group) is 1. The van der Waals surface area contributed by atoms with E-state index in [0.717, 1.165) is 25.9 Å². The maximum atomic E-state index is 14.6. The maximum Gasteiger partial charge on any atom is 0.409 e. The van der Waals surface area contributed by atoms with Crippen molar-refractivity contribution in [3.63, 3.8) is 0 Å². The van der Waals surface area contributed by atoms with Gasteiger partial charge in [0.25, 0.3) is 0 Å². The number of carbonyl (C=O) groups is 1. The normalized spacial score (nSPS) is 23.7. The van der Waals surface area contributed by atoms with Crippen molar-refractivity contribution in [2.24, 2.45) is 0 Å². The summed E-state index contributed by atoms with van der Waals surface area (Å²) in [6.07, 6.45) is 5.19. The standard InChI is InChI=1S/C31H42ClFN4O4S/c1-3-34-20-28(22-41-31(38)36-15-11-27(12-16-36)35-13-5-4-6-14-35)37(42(39,40)29-9-7-25(32)8-10-29)30(21-34)24-17-23(2)18-26(33)19-24/h7-10,17-19,27-28,30H,3-6,11-16,20-22H2,1-2H3/t28-,30+/m1/s1. The minimum atomic E-state index is -4.06. The number of likely N-dealkylation sites (tertiary alicyclic amines) is 2. The average Bonchev–Trinajstić information content (AvgIpc) is 2.99. The van der Waals surface area contributed by atoms with Crippen molar-refractivity contribution in [2.75, 3.05) is 52.4 Å². The second-order valence-corrected chi connectivity index (χ2v) is 14.0. The van der Waals surface area contributed by atoms with Gasteiger partial charge in [0.1, 0.15) is 12.4 Å². The first-order valence-electron chi connectivity index (χ1n) is 15.1. The molecular weight excluding hydrogens is 579 g/mol. The monoisotopic (exact) mass is 620 g/mol. The summed E-state index contributed by atoms with van der Waals surface area (Å²) in [5, 5.41) is 0.427. The van der Waals surface area contributed by atoms with Gasteiger partial charge in [-0.3, -0.25) is 4.90 Å². The lowest BCUT2D eigenvalue weighted by atomic mass is 9.99. The first-order valence-corrected chi connectivity index (χ1v) is 16.9. The fraction of sp³-hybridized carbons (Fsp3) is 0.581. The van der Waals surface area contributed by atoms with Crippen molar-refractivity contribution in [1.82, 2.24) is 19.0 Å². The molecule has 3 fully saturated rings. The molecule has 0 bridgehead atoms. The topological polar surface area (TPSA) is 73.4 Å². The fourth-order valence-electron chi connectivity index (χ4n) is 6.67.